The molecule has 3 aromatic heterocycles. The summed E-state index contributed by atoms with van der Waals surface area (Å²) in [6, 6.07) is 9.20. The van der Waals surface area contributed by atoms with E-state index in [4.69, 9.17) is 11.1 Å². The molecule has 0 bridgehead atoms. The van der Waals surface area contributed by atoms with E-state index in [2.05, 4.69) is 15.2 Å². The maximum atomic E-state index is 7.55. The molecule has 6 nitrogen and oxygen atoms in total. The van der Waals surface area contributed by atoms with Gasteiger partial charge in [0.05, 0.1) is 0 Å². The van der Waals surface area contributed by atoms with Crippen molar-refractivity contribution < 1.29 is 0 Å². The molecule has 3 N–H and O–H groups in total. The van der Waals surface area contributed by atoms with Crippen molar-refractivity contribution in [3.8, 4) is 0 Å². The fraction of sp³-hybridized carbons (Fsp3) is 0. The van der Waals surface area contributed by atoms with E-state index in [-0.39, 0.29) is 5.84 Å². The number of rotatable bonds is 3. The molecular weight excluding hydrogens is 260 g/mol. The molecule has 0 aliphatic heterocycles. The Morgan fingerprint density at radius 3 is 2.95 bits per heavy atom. The van der Waals surface area contributed by atoms with Crippen LogP contribution in [0.3, 0.4) is 0 Å². The Morgan fingerprint density at radius 2 is 2.11 bits per heavy atom. The number of nitrogen functional groups attached to an aromatic ring is 1. The van der Waals surface area contributed by atoms with Gasteiger partial charge in [0.2, 0.25) is 5.16 Å². The topological polar surface area (TPSA) is 93.0 Å². The first kappa shape index (κ1) is 11.7. The molecule has 0 atom stereocenters. The molecule has 3 aromatic rings. The third kappa shape index (κ3) is 2.15. The molecule has 0 amide bonds. The summed E-state index contributed by atoms with van der Waals surface area (Å²) in [4.78, 5) is 4.24. The molecule has 3 heterocycles. The molecule has 0 unspecified atom stereocenters. The van der Waals surface area contributed by atoms with Crippen LogP contribution in [0.1, 0.15) is 5.56 Å². The fourth-order valence-corrected chi connectivity index (χ4v) is 2.56. The maximum Gasteiger partial charge on any atom is 0.201 e. The normalized spacial score (nSPS) is 10.7. The average Bonchev–Trinajstić information content (AvgIpc) is 2.83. The second kappa shape index (κ2) is 4.69. The fourth-order valence-electron chi connectivity index (χ4n) is 1.65. The van der Waals surface area contributed by atoms with Crippen LogP contribution in [0.15, 0.2) is 52.9 Å². The van der Waals surface area contributed by atoms with Gasteiger partial charge in [-0.1, -0.05) is 6.07 Å². The maximum absolute atomic E-state index is 7.55. The van der Waals surface area contributed by atoms with E-state index in [0.29, 0.717) is 15.7 Å². The number of nitrogens with one attached hydrogen (secondary N) is 1. The number of aromatic nitrogens is 4. The van der Waals surface area contributed by atoms with Crippen LogP contribution in [0.2, 0.25) is 0 Å². The first-order valence-corrected chi connectivity index (χ1v) is 6.34. The lowest BCUT2D eigenvalue weighted by Gasteiger charge is -2.04. The Morgan fingerprint density at radius 1 is 1.21 bits per heavy atom. The summed E-state index contributed by atoms with van der Waals surface area (Å²) in [6.45, 7) is 0. The minimum Gasteiger partial charge on any atom is -0.384 e. The molecule has 0 aliphatic carbocycles. The van der Waals surface area contributed by atoms with Crippen LogP contribution in [-0.2, 0) is 0 Å². The molecule has 0 aromatic carbocycles. The van der Waals surface area contributed by atoms with Gasteiger partial charge in [0.15, 0.2) is 5.65 Å². The molecule has 0 aliphatic rings. The van der Waals surface area contributed by atoms with Crippen LogP contribution in [0.25, 0.3) is 5.65 Å². The predicted molar refractivity (Wildman–Crippen MR) is 72.4 cm³/mol. The van der Waals surface area contributed by atoms with E-state index in [1.807, 2.05) is 28.8 Å². The zero-order valence-electron chi connectivity index (χ0n) is 9.82. The highest BCUT2D eigenvalue weighted by Crippen LogP contribution is 2.27. The van der Waals surface area contributed by atoms with Gasteiger partial charge >= 0.3 is 0 Å². The molecule has 0 saturated heterocycles. The Kier molecular flexibility index (Phi) is 2.88. The Labute approximate surface area is 113 Å². The van der Waals surface area contributed by atoms with E-state index in [0.717, 1.165) is 5.65 Å². The summed E-state index contributed by atoms with van der Waals surface area (Å²) in [5.74, 6) is -0.00980. The van der Waals surface area contributed by atoms with Crippen LogP contribution >= 0.6 is 11.8 Å². The molecule has 7 heteroatoms. The molecule has 0 radical (unpaired) electrons. The largest absolute Gasteiger partial charge is 0.384 e. The number of hydrogen-bond donors (Lipinski definition) is 2. The second-order valence-electron chi connectivity index (χ2n) is 3.78. The van der Waals surface area contributed by atoms with E-state index < -0.39 is 0 Å². The van der Waals surface area contributed by atoms with E-state index in [1.54, 1.807) is 18.3 Å². The monoisotopic (exact) mass is 270 g/mol. The highest BCUT2D eigenvalue weighted by Gasteiger charge is 2.12. The minimum atomic E-state index is -0.00980. The van der Waals surface area contributed by atoms with Crippen molar-refractivity contribution in [1.29, 1.82) is 5.41 Å². The standard InChI is InChI=1S/C12H10N6S/c13-10(14)8-4-3-6-15-11(8)19-12-17-16-9-5-1-2-7-18(9)12/h1-7H,(H3,13,14). The van der Waals surface area contributed by atoms with Gasteiger partial charge in [0.1, 0.15) is 10.9 Å². The van der Waals surface area contributed by atoms with Gasteiger partial charge in [-0.05, 0) is 36.0 Å². The minimum absolute atomic E-state index is 0.00980. The number of fused-ring (bicyclic) bond motifs is 1. The highest BCUT2D eigenvalue weighted by atomic mass is 32.2. The van der Waals surface area contributed by atoms with Crippen LogP contribution in [0, 0.1) is 5.41 Å². The van der Waals surface area contributed by atoms with Crippen LogP contribution in [-0.4, -0.2) is 25.4 Å². The first-order chi connectivity index (χ1) is 9.25. The molecule has 94 valence electrons. The van der Waals surface area contributed by atoms with E-state index in [1.165, 1.54) is 11.8 Å². The highest BCUT2D eigenvalue weighted by molar-refractivity contribution is 7.99. The number of pyridine rings is 2. The summed E-state index contributed by atoms with van der Waals surface area (Å²) in [5, 5.41) is 17.1. The summed E-state index contributed by atoms with van der Waals surface area (Å²) in [6.07, 6.45) is 3.55. The summed E-state index contributed by atoms with van der Waals surface area (Å²) < 4.78 is 1.86. The Bertz CT molecular complexity index is 751. The molecule has 19 heavy (non-hydrogen) atoms. The predicted octanol–water partition coefficient (Wildman–Crippen LogP) is 1.56. The molecular formula is C12H10N6S. The molecule has 0 saturated carbocycles. The molecule has 0 spiro atoms. The van der Waals surface area contributed by atoms with Gasteiger partial charge in [0, 0.05) is 18.0 Å². The van der Waals surface area contributed by atoms with Gasteiger partial charge in [-0.3, -0.25) is 9.81 Å². The smallest absolute Gasteiger partial charge is 0.201 e. The van der Waals surface area contributed by atoms with E-state index in [9.17, 15) is 0 Å². The third-order valence-electron chi connectivity index (χ3n) is 2.53. The van der Waals surface area contributed by atoms with Gasteiger partial charge in [0.25, 0.3) is 0 Å². The Hall–Kier alpha value is -2.41. The van der Waals surface area contributed by atoms with Crippen molar-refractivity contribution in [3.63, 3.8) is 0 Å². The lowest BCUT2D eigenvalue weighted by atomic mass is 10.3. The van der Waals surface area contributed by atoms with Gasteiger partial charge in [-0.2, -0.15) is 0 Å². The summed E-state index contributed by atoms with van der Waals surface area (Å²) in [5.41, 5.74) is 6.91. The third-order valence-corrected chi connectivity index (χ3v) is 3.51. The lowest BCUT2D eigenvalue weighted by molar-refractivity contribution is 0.916. The number of amidine groups is 1. The number of hydrogen-bond acceptors (Lipinski definition) is 5. The zero-order chi connectivity index (χ0) is 13.2. The summed E-state index contributed by atoms with van der Waals surface area (Å²) >= 11 is 1.34. The Balaban J connectivity index is 2.04. The second-order valence-corrected chi connectivity index (χ2v) is 4.74. The van der Waals surface area contributed by atoms with Crippen molar-refractivity contribution in [3.05, 3.63) is 48.3 Å². The van der Waals surface area contributed by atoms with Gasteiger partial charge in [-0.15, -0.1) is 10.2 Å². The van der Waals surface area contributed by atoms with E-state index >= 15 is 0 Å². The molecule has 3 rings (SSSR count). The quantitative estimate of drug-likeness (QED) is 0.556. The SMILES string of the molecule is N=C(N)c1cccnc1Sc1nnc2ccccn12. The lowest BCUT2D eigenvalue weighted by Crippen LogP contribution is -2.12. The van der Waals surface area contributed by atoms with Crippen molar-refractivity contribution in [2.75, 3.05) is 0 Å². The van der Waals surface area contributed by atoms with Crippen LogP contribution < -0.4 is 5.73 Å². The van der Waals surface area contributed by atoms with Crippen molar-refractivity contribution in [2.45, 2.75) is 10.2 Å². The average molecular weight is 270 g/mol. The van der Waals surface area contributed by atoms with Crippen LogP contribution in [0.5, 0.6) is 0 Å². The van der Waals surface area contributed by atoms with Crippen molar-refractivity contribution in [1.82, 2.24) is 19.6 Å². The van der Waals surface area contributed by atoms with Crippen molar-refractivity contribution >= 4 is 23.2 Å². The number of nitrogens with two attached hydrogens (primary N) is 1. The van der Waals surface area contributed by atoms with Gasteiger partial charge < -0.3 is 5.73 Å². The van der Waals surface area contributed by atoms with Crippen LogP contribution in [0.4, 0.5) is 0 Å². The number of nitrogens with zero attached hydrogens (tertiary/aromatic N) is 4. The van der Waals surface area contributed by atoms with Crippen molar-refractivity contribution in [2.24, 2.45) is 5.73 Å². The summed E-state index contributed by atoms with van der Waals surface area (Å²) in [7, 11) is 0. The zero-order valence-corrected chi connectivity index (χ0v) is 10.6. The van der Waals surface area contributed by atoms with Gasteiger partial charge in [-0.25, -0.2) is 4.98 Å². The molecule has 0 fully saturated rings. The first-order valence-electron chi connectivity index (χ1n) is 5.53.